The summed E-state index contributed by atoms with van der Waals surface area (Å²) in [7, 11) is 0. The van der Waals surface area contributed by atoms with Gasteiger partial charge < -0.3 is 0 Å². The van der Waals surface area contributed by atoms with E-state index in [2.05, 4.69) is 15.9 Å². The van der Waals surface area contributed by atoms with Crippen molar-refractivity contribution in [3.8, 4) is 0 Å². The molecular formula is C11H11BrF2. The van der Waals surface area contributed by atoms with Gasteiger partial charge in [-0.3, -0.25) is 0 Å². The van der Waals surface area contributed by atoms with Crippen molar-refractivity contribution >= 4 is 15.9 Å². The number of rotatable bonds is 2. The molecule has 2 rings (SSSR count). The maximum Gasteiger partial charge on any atom is 0.255 e. The quantitative estimate of drug-likeness (QED) is 0.709. The van der Waals surface area contributed by atoms with Crippen LogP contribution < -0.4 is 0 Å². The van der Waals surface area contributed by atoms with Crippen LogP contribution in [0.3, 0.4) is 0 Å². The van der Waals surface area contributed by atoms with E-state index in [0.29, 0.717) is 5.56 Å². The first-order valence-electron chi connectivity index (χ1n) is 4.72. The summed E-state index contributed by atoms with van der Waals surface area (Å²) >= 11 is 3.01. The molecule has 0 amide bonds. The molecule has 14 heavy (non-hydrogen) atoms. The van der Waals surface area contributed by atoms with E-state index in [0.717, 1.165) is 19.3 Å². The lowest BCUT2D eigenvalue weighted by Gasteiger charge is -2.10. The maximum atomic E-state index is 12.4. The van der Waals surface area contributed by atoms with Crippen LogP contribution in [0, 0.1) is 0 Å². The van der Waals surface area contributed by atoms with E-state index in [-0.39, 0.29) is 0 Å². The Labute approximate surface area is 90.4 Å². The summed E-state index contributed by atoms with van der Waals surface area (Å²) in [5.74, 6) is 0. The molecule has 1 aliphatic carbocycles. The third-order valence-corrected chi connectivity index (χ3v) is 3.59. The molecular weight excluding hydrogens is 250 g/mol. The number of fused-ring (bicyclic) bond motifs is 1. The van der Waals surface area contributed by atoms with Crippen LogP contribution in [0.15, 0.2) is 18.2 Å². The fourth-order valence-electron chi connectivity index (χ4n) is 1.91. The van der Waals surface area contributed by atoms with Gasteiger partial charge >= 0.3 is 0 Å². The van der Waals surface area contributed by atoms with Crippen LogP contribution in [-0.2, 0) is 12.8 Å². The molecule has 0 radical (unpaired) electrons. The SMILES string of the molecule is FC(F)C(Br)c1ccc2c(c1)CCC2. The van der Waals surface area contributed by atoms with Crippen molar-refractivity contribution in [3.63, 3.8) is 0 Å². The van der Waals surface area contributed by atoms with E-state index in [1.807, 2.05) is 12.1 Å². The molecule has 0 fully saturated rings. The fraction of sp³-hybridized carbons (Fsp3) is 0.455. The monoisotopic (exact) mass is 260 g/mol. The minimum Gasteiger partial charge on any atom is -0.209 e. The topological polar surface area (TPSA) is 0 Å². The molecule has 0 aliphatic heterocycles. The highest BCUT2D eigenvalue weighted by Crippen LogP contribution is 2.32. The van der Waals surface area contributed by atoms with Gasteiger partial charge in [-0.2, -0.15) is 0 Å². The highest BCUT2D eigenvalue weighted by molar-refractivity contribution is 9.09. The Morgan fingerprint density at radius 2 is 1.86 bits per heavy atom. The maximum absolute atomic E-state index is 12.4. The zero-order valence-electron chi connectivity index (χ0n) is 7.64. The molecule has 0 spiro atoms. The van der Waals surface area contributed by atoms with Gasteiger partial charge in [0.25, 0.3) is 6.43 Å². The molecule has 0 saturated heterocycles. The minimum atomic E-state index is -2.34. The van der Waals surface area contributed by atoms with Crippen LogP contribution >= 0.6 is 15.9 Å². The van der Waals surface area contributed by atoms with Gasteiger partial charge in [0.2, 0.25) is 0 Å². The normalized spacial score (nSPS) is 17.1. The Balaban J connectivity index is 2.28. The van der Waals surface area contributed by atoms with E-state index in [4.69, 9.17) is 0 Å². The van der Waals surface area contributed by atoms with E-state index in [1.165, 1.54) is 11.1 Å². The van der Waals surface area contributed by atoms with Crippen molar-refractivity contribution in [2.24, 2.45) is 0 Å². The largest absolute Gasteiger partial charge is 0.255 e. The predicted molar refractivity (Wildman–Crippen MR) is 56.1 cm³/mol. The average Bonchev–Trinajstić information content (AvgIpc) is 2.62. The zero-order valence-corrected chi connectivity index (χ0v) is 9.23. The minimum absolute atomic E-state index is 0.695. The second-order valence-corrected chi connectivity index (χ2v) is 4.60. The van der Waals surface area contributed by atoms with E-state index in [9.17, 15) is 8.78 Å². The summed E-state index contributed by atoms with van der Waals surface area (Å²) in [4.78, 5) is -0.826. The van der Waals surface area contributed by atoms with Gasteiger partial charge in [0, 0.05) is 0 Å². The standard InChI is InChI=1S/C11H11BrF2/c12-10(11(13)14)9-5-4-7-2-1-3-8(7)6-9/h4-6,10-11H,1-3H2. The predicted octanol–water partition coefficient (Wildman–Crippen LogP) is 3.88. The number of alkyl halides is 3. The Kier molecular flexibility index (Phi) is 2.86. The van der Waals surface area contributed by atoms with Gasteiger partial charge in [0.15, 0.2) is 0 Å². The number of hydrogen-bond donors (Lipinski definition) is 0. The first kappa shape index (κ1) is 10.1. The second kappa shape index (κ2) is 3.97. The molecule has 0 saturated carbocycles. The highest BCUT2D eigenvalue weighted by atomic mass is 79.9. The smallest absolute Gasteiger partial charge is 0.209 e. The highest BCUT2D eigenvalue weighted by Gasteiger charge is 2.20. The molecule has 0 bridgehead atoms. The van der Waals surface area contributed by atoms with Crippen molar-refractivity contribution in [1.82, 2.24) is 0 Å². The lowest BCUT2D eigenvalue weighted by molar-refractivity contribution is 0.147. The number of benzene rings is 1. The van der Waals surface area contributed by atoms with E-state index >= 15 is 0 Å². The molecule has 0 nitrogen and oxygen atoms in total. The van der Waals surface area contributed by atoms with Gasteiger partial charge in [0.05, 0.1) is 0 Å². The van der Waals surface area contributed by atoms with Crippen molar-refractivity contribution in [1.29, 1.82) is 0 Å². The van der Waals surface area contributed by atoms with E-state index < -0.39 is 11.3 Å². The summed E-state index contributed by atoms with van der Waals surface area (Å²) in [5, 5.41) is 0. The van der Waals surface area contributed by atoms with Crippen LogP contribution in [0.5, 0.6) is 0 Å². The number of halogens is 3. The molecule has 0 heterocycles. The molecule has 0 N–H and O–H groups in total. The van der Waals surface area contributed by atoms with Gasteiger partial charge in [-0.25, -0.2) is 8.78 Å². The van der Waals surface area contributed by atoms with Crippen molar-refractivity contribution in [2.45, 2.75) is 30.5 Å². The van der Waals surface area contributed by atoms with Crippen LogP contribution in [-0.4, -0.2) is 6.43 Å². The summed E-state index contributed by atoms with van der Waals surface area (Å²) in [5.41, 5.74) is 3.26. The van der Waals surface area contributed by atoms with Crippen LogP contribution in [0.4, 0.5) is 8.78 Å². The lowest BCUT2D eigenvalue weighted by atomic mass is 10.0. The number of hydrogen-bond acceptors (Lipinski definition) is 0. The molecule has 1 aromatic rings. The van der Waals surface area contributed by atoms with Crippen LogP contribution in [0.2, 0.25) is 0 Å². The Morgan fingerprint density at radius 3 is 2.57 bits per heavy atom. The molecule has 76 valence electrons. The number of aryl methyl sites for hydroxylation is 2. The molecule has 3 heteroatoms. The molecule has 1 aromatic carbocycles. The first-order valence-corrected chi connectivity index (χ1v) is 5.64. The Morgan fingerprint density at radius 1 is 1.14 bits per heavy atom. The van der Waals surface area contributed by atoms with Gasteiger partial charge in [0.1, 0.15) is 4.83 Å². The van der Waals surface area contributed by atoms with Gasteiger partial charge in [-0.15, -0.1) is 0 Å². The molecule has 1 atom stereocenters. The third kappa shape index (κ3) is 1.83. The summed E-state index contributed by atoms with van der Waals surface area (Å²) < 4.78 is 24.8. The van der Waals surface area contributed by atoms with Crippen LogP contribution in [0.25, 0.3) is 0 Å². The van der Waals surface area contributed by atoms with E-state index in [1.54, 1.807) is 6.07 Å². The zero-order chi connectivity index (χ0) is 10.1. The Hall–Kier alpha value is -0.440. The lowest BCUT2D eigenvalue weighted by Crippen LogP contribution is -2.02. The van der Waals surface area contributed by atoms with Gasteiger partial charge in [-0.05, 0) is 36.0 Å². The molecule has 0 aromatic heterocycles. The molecule has 1 aliphatic rings. The van der Waals surface area contributed by atoms with Crippen molar-refractivity contribution < 1.29 is 8.78 Å². The molecule has 1 unspecified atom stereocenters. The summed E-state index contributed by atoms with van der Waals surface area (Å²) in [6.45, 7) is 0. The van der Waals surface area contributed by atoms with Crippen molar-refractivity contribution in [3.05, 3.63) is 34.9 Å². The third-order valence-electron chi connectivity index (χ3n) is 2.66. The summed E-state index contributed by atoms with van der Waals surface area (Å²) in [6, 6.07) is 5.69. The second-order valence-electron chi connectivity index (χ2n) is 3.62. The summed E-state index contributed by atoms with van der Waals surface area (Å²) in [6.07, 6.45) is 0.943. The van der Waals surface area contributed by atoms with Crippen LogP contribution in [0.1, 0.15) is 27.9 Å². The fourth-order valence-corrected chi connectivity index (χ4v) is 2.19. The average molecular weight is 261 g/mol. The first-order chi connectivity index (χ1) is 6.68. The van der Waals surface area contributed by atoms with Gasteiger partial charge in [-0.1, -0.05) is 34.1 Å². The Bertz CT molecular complexity index is 336. The van der Waals surface area contributed by atoms with Crippen molar-refractivity contribution in [2.75, 3.05) is 0 Å².